The van der Waals surface area contributed by atoms with Crippen molar-refractivity contribution in [1.82, 2.24) is 10.2 Å². The molecule has 0 heterocycles. The zero-order chi connectivity index (χ0) is 17.4. The van der Waals surface area contributed by atoms with E-state index in [1.165, 1.54) is 17.0 Å². The molecule has 2 aromatic rings. The molecule has 0 spiro atoms. The molecule has 0 aliphatic carbocycles. The first-order valence-corrected chi connectivity index (χ1v) is 7.99. The van der Waals surface area contributed by atoms with Gasteiger partial charge in [0.2, 0.25) is 0 Å². The highest BCUT2D eigenvalue weighted by molar-refractivity contribution is 5.73. The predicted molar refractivity (Wildman–Crippen MR) is 92.2 cm³/mol. The van der Waals surface area contributed by atoms with Crippen LogP contribution in [0.1, 0.15) is 23.5 Å². The number of halogens is 1. The maximum Gasteiger partial charge on any atom is 0.317 e. The van der Waals surface area contributed by atoms with Gasteiger partial charge in [0.15, 0.2) is 0 Å². The summed E-state index contributed by atoms with van der Waals surface area (Å²) in [6, 6.07) is 15.8. The van der Waals surface area contributed by atoms with Gasteiger partial charge < -0.3 is 15.3 Å². The van der Waals surface area contributed by atoms with Crippen LogP contribution in [0.5, 0.6) is 0 Å². The minimum Gasteiger partial charge on any atom is -0.396 e. The van der Waals surface area contributed by atoms with E-state index in [1.54, 1.807) is 19.2 Å². The minimum absolute atomic E-state index is 0.0581. The molecule has 1 atom stereocenters. The quantitative estimate of drug-likeness (QED) is 0.819. The number of nitrogens with zero attached hydrogens (tertiary/aromatic N) is 1. The van der Waals surface area contributed by atoms with E-state index in [-0.39, 0.29) is 24.4 Å². The molecule has 2 amide bonds. The Balaban J connectivity index is 1.90. The molecule has 2 aromatic carbocycles. The van der Waals surface area contributed by atoms with Crippen molar-refractivity contribution in [3.8, 4) is 0 Å². The third-order valence-electron chi connectivity index (χ3n) is 3.90. The van der Waals surface area contributed by atoms with E-state index in [0.29, 0.717) is 19.5 Å². The van der Waals surface area contributed by atoms with Gasteiger partial charge in [-0.1, -0.05) is 42.5 Å². The highest BCUT2D eigenvalue weighted by atomic mass is 19.1. The number of carbonyl (C=O) groups is 1. The summed E-state index contributed by atoms with van der Waals surface area (Å²) in [5.74, 6) is -0.254. The van der Waals surface area contributed by atoms with E-state index in [2.05, 4.69) is 5.32 Å². The number of urea groups is 1. The summed E-state index contributed by atoms with van der Waals surface area (Å²) in [5.41, 5.74) is 1.82. The van der Waals surface area contributed by atoms with Gasteiger partial charge in [-0.05, 0) is 29.7 Å². The molecule has 2 rings (SSSR count). The first kappa shape index (κ1) is 17.9. The van der Waals surface area contributed by atoms with Crippen LogP contribution in [0.4, 0.5) is 9.18 Å². The lowest BCUT2D eigenvalue weighted by atomic mass is 9.96. The standard InChI is InChI=1S/C19H23FN2O2/c1-22(14-15-6-5-9-18(20)12-15)19(24)21-13-17(10-11-23)16-7-3-2-4-8-16/h2-9,12,17,23H,10-11,13-14H2,1H3,(H,21,24). The number of hydrogen-bond donors (Lipinski definition) is 2. The summed E-state index contributed by atoms with van der Waals surface area (Å²) in [6.45, 7) is 0.838. The Morgan fingerprint density at radius 1 is 1.21 bits per heavy atom. The van der Waals surface area contributed by atoms with E-state index in [9.17, 15) is 14.3 Å². The van der Waals surface area contributed by atoms with E-state index in [4.69, 9.17) is 0 Å². The number of rotatable bonds is 7. The van der Waals surface area contributed by atoms with Crippen LogP contribution in [-0.4, -0.2) is 36.2 Å². The Hall–Kier alpha value is -2.40. The van der Waals surface area contributed by atoms with Gasteiger partial charge in [0.25, 0.3) is 0 Å². The van der Waals surface area contributed by atoms with Crippen molar-refractivity contribution in [3.05, 3.63) is 71.5 Å². The molecule has 0 bridgehead atoms. The normalized spacial score (nSPS) is 11.8. The lowest BCUT2D eigenvalue weighted by molar-refractivity contribution is 0.204. The van der Waals surface area contributed by atoms with Crippen LogP contribution in [0.3, 0.4) is 0 Å². The Bertz CT molecular complexity index is 649. The number of carbonyl (C=O) groups excluding carboxylic acids is 1. The number of benzene rings is 2. The van der Waals surface area contributed by atoms with Crippen molar-refractivity contribution >= 4 is 6.03 Å². The zero-order valence-electron chi connectivity index (χ0n) is 13.8. The average molecular weight is 330 g/mol. The Kier molecular flexibility index (Phi) is 6.75. The van der Waals surface area contributed by atoms with Crippen LogP contribution in [-0.2, 0) is 6.54 Å². The van der Waals surface area contributed by atoms with Gasteiger partial charge in [-0.2, -0.15) is 0 Å². The van der Waals surface area contributed by atoms with E-state index >= 15 is 0 Å². The van der Waals surface area contributed by atoms with Crippen molar-refractivity contribution in [1.29, 1.82) is 0 Å². The van der Waals surface area contributed by atoms with E-state index in [1.807, 2.05) is 30.3 Å². The first-order chi connectivity index (χ1) is 11.6. The lowest BCUT2D eigenvalue weighted by Crippen LogP contribution is -2.39. The molecule has 0 saturated carbocycles. The summed E-state index contributed by atoms with van der Waals surface area (Å²) in [6.07, 6.45) is 0.581. The molecular weight excluding hydrogens is 307 g/mol. The van der Waals surface area contributed by atoms with Crippen LogP contribution in [0, 0.1) is 5.82 Å². The van der Waals surface area contributed by atoms with Gasteiger partial charge in [-0.25, -0.2) is 9.18 Å². The monoisotopic (exact) mass is 330 g/mol. The largest absolute Gasteiger partial charge is 0.396 e. The molecule has 0 aromatic heterocycles. The lowest BCUT2D eigenvalue weighted by Gasteiger charge is -2.21. The molecule has 5 heteroatoms. The van der Waals surface area contributed by atoms with Gasteiger partial charge in [0.1, 0.15) is 5.82 Å². The smallest absolute Gasteiger partial charge is 0.317 e. The maximum absolute atomic E-state index is 13.2. The van der Waals surface area contributed by atoms with Crippen molar-refractivity contribution < 1.29 is 14.3 Å². The van der Waals surface area contributed by atoms with Crippen molar-refractivity contribution in [2.24, 2.45) is 0 Å². The molecule has 128 valence electrons. The SMILES string of the molecule is CN(Cc1cccc(F)c1)C(=O)NCC(CCO)c1ccccc1. The molecule has 0 fully saturated rings. The van der Waals surface area contributed by atoms with E-state index < -0.39 is 0 Å². The fourth-order valence-corrected chi connectivity index (χ4v) is 2.59. The summed E-state index contributed by atoms with van der Waals surface area (Å²) in [5, 5.41) is 12.1. The van der Waals surface area contributed by atoms with Gasteiger partial charge in [-0.3, -0.25) is 0 Å². The Morgan fingerprint density at radius 2 is 1.96 bits per heavy atom. The number of amides is 2. The third-order valence-corrected chi connectivity index (χ3v) is 3.90. The highest BCUT2D eigenvalue weighted by Crippen LogP contribution is 2.18. The van der Waals surface area contributed by atoms with Gasteiger partial charge in [0.05, 0.1) is 0 Å². The second-order valence-electron chi connectivity index (χ2n) is 5.79. The number of hydrogen-bond acceptors (Lipinski definition) is 2. The van der Waals surface area contributed by atoms with Crippen molar-refractivity contribution in [3.63, 3.8) is 0 Å². The first-order valence-electron chi connectivity index (χ1n) is 7.99. The van der Waals surface area contributed by atoms with Crippen LogP contribution in [0.2, 0.25) is 0 Å². The topological polar surface area (TPSA) is 52.6 Å². The summed E-state index contributed by atoms with van der Waals surface area (Å²) < 4.78 is 13.2. The van der Waals surface area contributed by atoms with Gasteiger partial charge in [-0.15, -0.1) is 0 Å². The van der Waals surface area contributed by atoms with Gasteiger partial charge in [0, 0.05) is 32.7 Å². The van der Waals surface area contributed by atoms with Crippen LogP contribution in [0.15, 0.2) is 54.6 Å². The van der Waals surface area contributed by atoms with Crippen LogP contribution >= 0.6 is 0 Å². The maximum atomic E-state index is 13.2. The molecule has 4 nitrogen and oxygen atoms in total. The molecule has 24 heavy (non-hydrogen) atoms. The van der Waals surface area contributed by atoms with Crippen molar-refractivity contribution in [2.45, 2.75) is 18.9 Å². The van der Waals surface area contributed by atoms with Gasteiger partial charge >= 0.3 is 6.03 Å². The van der Waals surface area contributed by atoms with Crippen molar-refractivity contribution in [2.75, 3.05) is 20.2 Å². The molecule has 0 aliphatic heterocycles. The number of aliphatic hydroxyl groups excluding tert-OH is 1. The summed E-state index contributed by atoms with van der Waals surface area (Å²) in [4.78, 5) is 13.7. The fraction of sp³-hybridized carbons (Fsp3) is 0.316. The Morgan fingerprint density at radius 3 is 2.62 bits per heavy atom. The minimum atomic E-state index is -0.312. The summed E-state index contributed by atoms with van der Waals surface area (Å²) in [7, 11) is 1.67. The zero-order valence-corrected chi connectivity index (χ0v) is 13.8. The third kappa shape index (κ3) is 5.35. The second-order valence-corrected chi connectivity index (χ2v) is 5.79. The van der Waals surface area contributed by atoms with Crippen LogP contribution in [0.25, 0.3) is 0 Å². The summed E-state index contributed by atoms with van der Waals surface area (Å²) >= 11 is 0. The number of aliphatic hydroxyl groups is 1. The molecule has 0 saturated heterocycles. The molecule has 2 N–H and O–H groups in total. The molecule has 0 radical (unpaired) electrons. The molecular formula is C19H23FN2O2. The molecule has 0 aliphatic rings. The fourth-order valence-electron chi connectivity index (χ4n) is 2.59. The second kappa shape index (κ2) is 9.03. The Labute approximate surface area is 141 Å². The molecule has 1 unspecified atom stereocenters. The predicted octanol–water partition coefficient (Wildman–Crippen LogP) is 3.13. The highest BCUT2D eigenvalue weighted by Gasteiger charge is 2.14. The van der Waals surface area contributed by atoms with Crippen LogP contribution < -0.4 is 5.32 Å². The van der Waals surface area contributed by atoms with E-state index in [0.717, 1.165) is 11.1 Å². The number of nitrogens with one attached hydrogen (secondary N) is 1. The average Bonchev–Trinajstić information content (AvgIpc) is 2.59.